The topological polar surface area (TPSA) is 67.9 Å². The van der Waals surface area contributed by atoms with Gasteiger partial charge in [0.05, 0.1) is 12.0 Å². The van der Waals surface area contributed by atoms with E-state index in [-0.39, 0.29) is 5.91 Å². The van der Waals surface area contributed by atoms with E-state index in [1.54, 1.807) is 13.2 Å². The van der Waals surface area contributed by atoms with Crippen LogP contribution in [0.4, 0.5) is 5.69 Å². The van der Waals surface area contributed by atoms with Crippen molar-refractivity contribution in [1.29, 1.82) is 0 Å². The van der Waals surface area contributed by atoms with Crippen molar-refractivity contribution in [2.45, 2.75) is 19.3 Å². The zero-order chi connectivity index (χ0) is 15.5. The maximum Gasteiger partial charge on any atom is 0.286 e. The molecule has 2 aliphatic heterocycles. The Morgan fingerprint density at radius 3 is 2.73 bits per heavy atom. The highest BCUT2D eigenvalue weighted by molar-refractivity contribution is 8.18. The van der Waals surface area contributed by atoms with Crippen molar-refractivity contribution < 1.29 is 9.53 Å². The summed E-state index contributed by atoms with van der Waals surface area (Å²) in [6.45, 7) is 2.17. The van der Waals surface area contributed by atoms with Gasteiger partial charge in [-0.15, -0.1) is 0 Å². The molecule has 1 saturated heterocycles. The molecule has 5 nitrogen and oxygen atoms in total. The molecule has 2 N–H and O–H groups in total. The van der Waals surface area contributed by atoms with Crippen LogP contribution < -0.4 is 15.4 Å². The van der Waals surface area contributed by atoms with Gasteiger partial charge in [0.2, 0.25) is 0 Å². The van der Waals surface area contributed by atoms with E-state index in [1.807, 2.05) is 12.1 Å². The molecule has 1 aromatic carbocycles. The number of aliphatic imine (C=N–C) groups is 1. The van der Waals surface area contributed by atoms with E-state index in [4.69, 9.17) is 10.5 Å². The molecule has 1 amide bonds. The van der Waals surface area contributed by atoms with E-state index in [0.717, 1.165) is 24.4 Å². The number of carbonyl (C=O) groups is 1. The second-order valence-electron chi connectivity index (χ2n) is 5.34. The fourth-order valence-corrected chi connectivity index (χ4v) is 3.41. The molecular weight excluding hydrogens is 298 g/mol. The third kappa shape index (κ3) is 3.11. The minimum Gasteiger partial charge on any atom is -0.496 e. The van der Waals surface area contributed by atoms with Gasteiger partial charge in [-0.25, -0.2) is 0 Å². The summed E-state index contributed by atoms with van der Waals surface area (Å²) < 4.78 is 5.49. The minimum absolute atomic E-state index is 0.287. The summed E-state index contributed by atoms with van der Waals surface area (Å²) in [4.78, 5) is 18.3. The summed E-state index contributed by atoms with van der Waals surface area (Å²) in [5.41, 5.74) is 7.61. The summed E-state index contributed by atoms with van der Waals surface area (Å²) >= 11 is 1.19. The van der Waals surface area contributed by atoms with E-state index in [2.05, 4.69) is 16.0 Å². The number of piperidine rings is 1. The fourth-order valence-electron chi connectivity index (χ4n) is 2.73. The molecular formula is C16H19N3O2S. The van der Waals surface area contributed by atoms with Gasteiger partial charge in [-0.2, -0.15) is 4.99 Å². The monoisotopic (exact) mass is 317 g/mol. The highest BCUT2D eigenvalue weighted by Crippen LogP contribution is 2.32. The molecule has 2 heterocycles. The smallest absolute Gasteiger partial charge is 0.286 e. The van der Waals surface area contributed by atoms with E-state index in [0.29, 0.717) is 10.1 Å². The van der Waals surface area contributed by atoms with Gasteiger partial charge in [-0.1, -0.05) is 0 Å². The minimum atomic E-state index is -0.287. The number of carbonyl (C=O) groups excluding carboxylic acids is 1. The van der Waals surface area contributed by atoms with Crippen molar-refractivity contribution in [2.75, 3.05) is 25.1 Å². The summed E-state index contributed by atoms with van der Waals surface area (Å²) in [7, 11) is 1.64. The van der Waals surface area contributed by atoms with Gasteiger partial charge in [-0.05, 0) is 49.2 Å². The first-order chi connectivity index (χ1) is 10.7. The Morgan fingerprint density at radius 1 is 1.32 bits per heavy atom. The maximum absolute atomic E-state index is 11.7. The molecule has 0 aromatic heterocycles. The summed E-state index contributed by atoms with van der Waals surface area (Å²) in [6.07, 6.45) is 5.56. The van der Waals surface area contributed by atoms with Gasteiger partial charge in [0.25, 0.3) is 5.91 Å². The van der Waals surface area contributed by atoms with Crippen molar-refractivity contribution in [1.82, 2.24) is 0 Å². The zero-order valence-corrected chi connectivity index (χ0v) is 13.4. The fraction of sp³-hybridized carbons (Fsp3) is 0.375. The Morgan fingerprint density at radius 2 is 2.09 bits per heavy atom. The lowest BCUT2D eigenvalue weighted by Gasteiger charge is -2.29. The Balaban J connectivity index is 1.86. The lowest BCUT2D eigenvalue weighted by molar-refractivity contribution is -0.113. The molecule has 0 saturated carbocycles. The van der Waals surface area contributed by atoms with Crippen LogP contribution >= 0.6 is 11.8 Å². The number of methoxy groups -OCH3 is 1. The van der Waals surface area contributed by atoms with Gasteiger partial charge in [0, 0.05) is 30.4 Å². The number of hydrogen-bond acceptors (Lipinski definition) is 5. The predicted octanol–water partition coefficient (Wildman–Crippen LogP) is 2.61. The molecule has 0 spiro atoms. The van der Waals surface area contributed by atoms with E-state index in [9.17, 15) is 4.79 Å². The number of ether oxygens (including phenoxy) is 1. The SMILES string of the molecule is COc1cc(N2CCCCC2)ccc1C=C1SC(N)=NC1=O. The molecule has 3 rings (SSSR count). The van der Waals surface area contributed by atoms with Crippen molar-refractivity contribution in [3.05, 3.63) is 28.7 Å². The molecule has 0 bridgehead atoms. The van der Waals surface area contributed by atoms with Gasteiger partial charge >= 0.3 is 0 Å². The van der Waals surface area contributed by atoms with E-state index >= 15 is 0 Å². The van der Waals surface area contributed by atoms with Crippen LogP contribution in [0, 0.1) is 0 Å². The standard InChI is InChI=1S/C16H19N3O2S/c1-21-13-10-12(19-7-3-2-4-8-19)6-5-11(13)9-14-15(20)18-16(17)22-14/h5-6,9-10H,2-4,7-8H2,1H3,(H2,17,18,20). The van der Waals surface area contributed by atoms with Crippen molar-refractivity contribution in [2.24, 2.45) is 10.7 Å². The quantitative estimate of drug-likeness (QED) is 0.868. The van der Waals surface area contributed by atoms with Gasteiger partial charge in [0.1, 0.15) is 5.75 Å². The third-order valence-electron chi connectivity index (χ3n) is 3.86. The van der Waals surface area contributed by atoms with Crippen molar-refractivity contribution in [3.8, 4) is 5.75 Å². The summed E-state index contributed by atoms with van der Waals surface area (Å²) in [6, 6.07) is 6.10. The van der Waals surface area contributed by atoms with Crippen LogP contribution in [0.1, 0.15) is 24.8 Å². The molecule has 0 radical (unpaired) electrons. The van der Waals surface area contributed by atoms with Gasteiger partial charge in [0.15, 0.2) is 5.17 Å². The largest absolute Gasteiger partial charge is 0.496 e. The normalized spacial score (nSPS) is 20.4. The van der Waals surface area contributed by atoms with Crippen LogP contribution in [0.5, 0.6) is 5.75 Å². The van der Waals surface area contributed by atoms with Crippen LogP contribution in [0.15, 0.2) is 28.1 Å². The first kappa shape index (κ1) is 15.0. The predicted molar refractivity (Wildman–Crippen MR) is 91.3 cm³/mol. The second kappa shape index (κ2) is 6.44. The number of thioether (sulfide) groups is 1. The molecule has 0 aliphatic carbocycles. The van der Waals surface area contributed by atoms with Crippen LogP contribution in [-0.2, 0) is 4.79 Å². The lowest BCUT2D eigenvalue weighted by Crippen LogP contribution is -2.29. The van der Waals surface area contributed by atoms with Crippen molar-refractivity contribution in [3.63, 3.8) is 0 Å². The highest BCUT2D eigenvalue weighted by atomic mass is 32.2. The molecule has 0 atom stereocenters. The number of anilines is 1. The van der Waals surface area contributed by atoms with Crippen molar-refractivity contribution >= 4 is 34.6 Å². The molecule has 2 aliphatic rings. The van der Waals surface area contributed by atoms with Gasteiger partial charge in [-0.3, -0.25) is 4.79 Å². The Kier molecular flexibility index (Phi) is 4.38. The van der Waals surface area contributed by atoms with E-state index < -0.39 is 0 Å². The lowest BCUT2D eigenvalue weighted by atomic mass is 10.1. The molecule has 22 heavy (non-hydrogen) atoms. The number of rotatable bonds is 3. The number of benzene rings is 1. The first-order valence-electron chi connectivity index (χ1n) is 7.38. The Labute approximate surface area is 134 Å². The average molecular weight is 317 g/mol. The summed E-state index contributed by atoms with van der Waals surface area (Å²) in [5, 5.41) is 0.292. The van der Waals surface area contributed by atoms with Gasteiger partial charge < -0.3 is 15.4 Å². The number of hydrogen-bond donors (Lipinski definition) is 1. The van der Waals surface area contributed by atoms with E-state index in [1.165, 1.54) is 36.7 Å². The zero-order valence-electron chi connectivity index (χ0n) is 12.5. The molecule has 1 aromatic rings. The second-order valence-corrected chi connectivity index (χ2v) is 6.40. The number of nitrogens with two attached hydrogens (primary N) is 1. The third-order valence-corrected chi connectivity index (χ3v) is 4.67. The summed E-state index contributed by atoms with van der Waals surface area (Å²) in [5.74, 6) is 0.471. The number of nitrogens with zero attached hydrogens (tertiary/aromatic N) is 2. The number of amidine groups is 1. The van der Waals surface area contributed by atoms with Crippen LogP contribution in [0.3, 0.4) is 0 Å². The molecule has 1 fully saturated rings. The molecule has 6 heteroatoms. The Bertz CT molecular complexity index is 649. The number of amides is 1. The van der Waals surface area contributed by atoms with Crippen LogP contribution in [0.2, 0.25) is 0 Å². The first-order valence-corrected chi connectivity index (χ1v) is 8.20. The molecule has 116 valence electrons. The maximum atomic E-state index is 11.7. The van der Waals surface area contributed by atoms with Crippen LogP contribution in [0.25, 0.3) is 6.08 Å². The Hall–Kier alpha value is -1.95. The average Bonchev–Trinajstić information content (AvgIpc) is 2.86. The van der Waals surface area contributed by atoms with Crippen LogP contribution in [-0.4, -0.2) is 31.3 Å². The molecule has 0 unspecified atom stereocenters. The highest BCUT2D eigenvalue weighted by Gasteiger charge is 2.20.